The summed E-state index contributed by atoms with van der Waals surface area (Å²) in [5, 5.41) is 4.53. The molecule has 0 aliphatic rings. The third-order valence-corrected chi connectivity index (χ3v) is 4.47. The predicted octanol–water partition coefficient (Wildman–Crippen LogP) is 2.65. The van der Waals surface area contributed by atoms with Crippen LogP contribution < -0.4 is 11.1 Å². The number of benzene rings is 1. The van der Waals surface area contributed by atoms with Gasteiger partial charge in [-0.3, -0.25) is 9.59 Å². The van der Waals surface area contributed by atoms with Gasteiger partial charge in [-0.1, -0.05) is 12.1 Å². The van der Waals surface area contributed by atoms with Gasteiger partial charge in [0.1, 0.15) is 5.00 Å². The van der Waals surface area contributed by atoms with E-state index in [1.807, 2.05) is 19.9 Å². The van der Waals surface area contributed by atoms with Gasteiger partial charge >= 0.3 is 5.97 Å². The number of amides is 2. The minimum absolute atomic E-state index is 0.224. The average Bonchev–Trinajstić information content (AvgIpc) is 2.98. The number of primary amides is 1. The van der Waals surface area contributed by atoms with Crippen molar-refractivity contribution in [1.29, 1.82) is 0 Å². The molecule has 0 saturated heterocycles. The molecule has 126 valence electrons. The van der Waals surface area contributed by atoms with Crippen LogP contribution in [-0.4, -0.2) is 23.9 Å². The van der Waals surface area contributed by atoms with Crippen LogP contribution in [0.1, 0.15) is 38.8 Å². The van der Waals surface area contributed by atoms with Gasteiger partial charge in [-0.2, -0.15) is 0 Å². The topological polar surface area (TPSA) is 98.5 Å². The molecule has 1 atom stereocenters. The lowest BCUT2D eigenvalue weighted by atomic mass is 10.0. The van der Waals surface area contributed by atoms with Crippen LogP contribution in [0.15, 0.2) is 29.6 Å². The van der Waals surface area contributed by atoms with E-state index in [-0.39, 0.29) is 5.56 Å². The number of rotatable bonds is 5. The van der Waals surface area contributed by atoms with Crippen molar-refractivity contribution in [3.05, 3.63) is 51.9 Å². The molecule has 7 heteroatoms. The van der Waals surface area contributed by atoms with Gasteiger partial charge in [0.2, 0.25) is 0 Å². The number of carbonyl (C=O) groups is 3. The Bertz CT molecular complexity index is 798. The van der Waals surface area contributed by atoms with E-state index >= 15 is 0 Å². The second kappa shape index (κ2) is 7.27. The molecule has 2 rings (SSSR count). The zero-order valence-electron chi connectivity index (χ0n) is 13.6. The summed E-state index contributed by atoms with van der Waals surface area (Å²) in [6, 6.07) is 6.83. The van der Waals surface area contributed by atoms with E-state index in [9.17, 15) is 14.4 Å². The van der Waals surface area contributed by atoms with Crippen molar-refractivity contribution in [3.8, 4) is 0 Å². The quantitative estimate of drug-likeness (QED) is 0.813. The monoisotopic (exact) mass is 346 g/mol. The lowest BCUT2D eigenvalue weighted by molar-refractivity contribution is -0.123. The van der Waals surface area contributed by atoms with Crippen molar-refractivity contribution in [2.24, 2.45) is 5.73 Å². The molecule has 2 aromatic rings. The number of esters is 1. The third-order valence-electron chi connectivity index (χ3n) is 3.64. The Kier molecular flexibility index (Phi) is 5.35. The molecule has 0 aliphatic carbocycles. The Morgan fingerprint density at radius 2 is 1.88 bits per heavy atom. The lowest BCUT2D eigenvalue weighted by Gasteiger charge is -2.14. The number of carbonyl (C=O) groups excluding carboxylic acids is 3. The summed E-state index contributed by atoms with van der Waals surface area (Å²) >= 11 is 1.17. The number of aryl methyl sites for hydroxylation is 1. The molecule has 0 radical (unpaired) electrons. The van der Waals surface area contributed by atoms with E-state index in [4.69, 9.17) is 10.5 Å². The number of nitrogens with one attached hydrogen (secondary N) is 1. The van der Waals surface area contributed by atoms with E-state index < -0.39 is 23.9 Å². The first-order chi connectivity index (χ1) is 11.3. The highest BCUT2D eigenvalue weighted by atomic mass is 32.1. The molecule has 0 bridgehead atoms. The van der Waals surface area contributed by atoms with Gasteiger partial charge in [0.05, 0.1) is 11.1 Å². The molecule has 0 unspecified atom stereocenters. The predicted molar refractivity (Wildman–Crippen MR) is 92.3 cm³/mol. The summed E-state index contributed by atoms with van der Waals surface area (Å²) in [5.41, 5.74) is 7.65. The number of hydrogen-bond acceptors (Lipinski definition) is 5. The second-order valence-electron chi connectivity index (χ2n) is 5.31. The summed E-state index contributed by atoms with van der Waals surface area (Å²) in [6.45, 7) is 5.18. The van der Waals surface area contributed by atoms with E-state index in [0.29, 0.717) is 10.6 Å². The summed E-state index contributed by atoms with van der Waals surface area (Å²) < 4.78 is 5.22. The van der Waals surface area contributed by atoms with E-state index in [1.165, 1.54) is 24.3 Å². The first kappa shape index (κ1) is 17.7. The Morgan fingerprint density at radius 1 is 1.17 bits per heavy atom. The minimum atomic E-state index is -1.01. The highest BCUT2D eigenvalue weighted by Gasteiger charge is 2.22. The minimum Gasteiger partial charge on any atom is -0.449 e. The van der Waals surface area contributed by atoms with Crippen molar-refractivity contribution in [3.63, 3.8) is 0 Å². The van der Waals surface area contributed by atoms with Crippen LogP contribution >= 0.6 is 11.3 Å². The average molecular weight is 346 g/mol. The van der Waals surface area contributed by atoms with Crippen LogP contribution in [0.25, 0.3) is 0 Å². The smallest absolute Gasteiger partial charge is 0.339 e. The maximum Gasteiger partial charge on any atom is 0.339 e. The zero-order chi connectivity index (χ0) is 17.9. The van der Waals surface area contributed by atoms with Gasteiger partial charge in [-0.25, -0.2) is 4.79 Å². The van der Waals surface area contributed by atoms with E-state index in [1.54, 1.807) is 17.5 Å². The first-order valence-corrected chi connectivity index (χ1v) is 8.14. The highest BCUT2D eigenvalue weighted by molar-refractivity contribution is 7.14. The second-order valence-corrected chi connectivity index (χ2v) is 6.23. The van der Waals surface area contributed by atoms with Crippen molar-refractivity contribution in [2.45, 2.75) is 26.9 Å². The number of hydrogen-bond donors (Lipinski definition) is 2. The normalized spacial score (nSPS) is 11.6. The summed E-state index contributed by atoms with van der Waals surface area (Å²) in [6.07, 6.45) is -1.01. The molecular weight excluding hydrogens is 328 g/mol. The molecule has 0 saturated carbocycles. The van der Waals surface area contributed by atoms with Crippen molar-refractivity contribution >= 4 is 34.1 Å². The van der Waals surface area contributed by atoms with Crippen LogP contribution in [0.4, 0.5) is 5.00 Å². The molecule has 6 nitrogen and oxygen atoms in total. The molecule has 24 heavy (non-hydrogen) atoms. The molecule has 1 aromatic carbocycles. The highest BCUT2D eigenvalue weighted by Crippen LogP contribution is 2.23. The molecule has 0 spiro atoms. The molecule has 3 N–H and O–H groups in total. The largest absolute Gasteiger partial charge is 0.449 e. The summed E-state index contributed by atoms with van der Waals surface area (Å²) in [5.74, 6) is -1.73. The van der Waals surface area contributed by atoms with Crippen molar-refractivity contribution in [2.75, 3.05) is 5.32 Å². The van der Waals surface area contributed by atoms with E-state index in [2.05, 4.69) is 5.32 Å². The fourth-order valence-corrected chi connectivity index (χ4v) is 2.86. The fraction of sp³-hybridized carbons (Fsp3) is 0.235. The first-order valence-electron chi connectivity index (χ1n) is 7.26. The van der Waals surface area contributed by atoms with Crippen molar-refractivity contribution in [1.82, 2.24) is 0 Å². The number of ether oxygens (including phenoxy) is 1. The van der Waals surface area contributed by atoms with Crippen LogP contribution in [0, 0.1) is 13.8 Å². The Morgan fingerprint density at radius 3 is 2.54 bits per heavy atom. The maximum atomic E-state index is 12.2. The lowest BCUT2D eigenvalue weighted by Crippen LogP contribution is -2.30. The van der Waals surface area contributed by atoms with Gasteiger partial charge in [0, 0.05) is 0 Å². The van der Waals surface area contributed by atoms with Gasteiger partial charge in [-0.15, -0.1) is 11.3 Å². The standard InChI is InChI=1S/C17H18N2O4S/c1-9-5-4-6-12(10(9)2)17(22)23-11(3)15(21)19-16-13(14(18)20)7-8-24-16/h4-8,11H,1-3H3,(H2,18,20)(H,19,21)/t11-/m1/s1. The SMILES string of the molecule is Cc1cccc(C(=O)O[C@H](C)C(=O)Nc2sccc2C(N)=O)c1C. The Hall–Kier alpha value is -2.67. The van der Waals surface area contributed by atoms with Gasteiger partial charge < -0.3 is 15.8 Å². The van der Waals surface area contributed by atoms with Crippen LogP contribution in [0.2, 0.25) is 0 Å². The molecule has 1 heterocycles. The summed E-state index contributed by atoms with van der Waals surface area (Å²) in [4.78, 5) is 35.7. The van der Waals surface area contributed by atoms with Crippen LogP contribution in [-0.2, 0) is 9.53 Å². The van der Waals surface area contributed by atoms with Crippen LogP contribution in [0.3, 0.4) is 0 Å². The van der Waals surface area contributed by atoms with Crippen molar-refractivity contribution < 1.29 is 19.1 Å². The fourth-order valence-electron chi connectivity index (χ4n) is 2.06. The molecule has 1 aromatic heterocycles. The molecule has 0 aliphatic heterocycles. The van der Waals surface area contributed by atoms with Gasteiger partial charge in [-0.05, 0) is 49.4 Å². The number of anilines is 1. The third kappa shape index (κ3) is 3.80. The molecular formula is C17H18N2O4S. The van der Waals surface area contributed by atoms with Crippen LogP contribution in [0.5, 0.6) is 0 Å². The van der Waals surface area contributed by atoms with E-state index in [0.717, 1.165) is 11.1 Å². The maximum absolute atomic E-state index is 12.2. The summed E-state index contributed by atoms with van der Waals surface area (Å²) in [7, 11) is 0. The molecule has 2 amide bonds. The Balaban J connectivity index is 2.06. The number of nitrogens with two attached hydrogens (primary N) is 1. The molecule has 0 fully saturated rings. The van der Waals surface area contributed by atoms with Gasteiger partial charge in [0.25, 0.3) is 11.8 Å². The Labute approximate surface area is 143 Å². The zero-order valence-corrected chi connectivity index (χ0v) is 14.4. The number of thiophene rings is 1. The van der Waals surface area contributed by atoms with Gasteiger partial charge in [0.15, 0.2) is 6.10 Å².